The van der Waals surface area contributed by atoms with Gasteiger partial charge in [0.05, 0.1) is 0 Å². The Hall–Kier alpha value is -0.570. The van der Waals surface area contributed by atoms with Crippen molar-refractivity contribution in [1.82, 2.24) is 5.06 Å². The van der Waals surface area contributed by atoms with E-state index in [9.17, 15) is 4.79 Å². The van der Waals surface area contributed by atoms with Gasteiger partial charge >= 0.3 is 0 Å². The number of nitrogens with zero attached hydrogens (tertiary/aromatic N) is 1. The van der Waals surface area contributed by atoms with Gasteiger partial charge in [-0.3, -0.25) is 10.0 Å². The average molecular weight is 143 g/mol. The Balaban J connectivity index is 2.51. The van der Waals surface area contributed by atoms with Gasteiger partial charge in [-0.25, -0.2) is 5.06 Å². The lowest BCUT2D eigenvalue weighted by atomic mass is 9.96. The van der Waals surface area contributed by atoms with Gasteiger partial charge in [0.15, 0.2) is 0 Å². The van der Waals surface area contributed by atoms with Gasteiger partial charge in [0.2, 0.25) is 5.91 Å². The van der Waals surface area contributed by atoms with Crippen LogP contribution in [0.3, 0.4) is 0 Å². The van der Waals surface area contributed by atoms with Crippen LogP contribution in [0.5, 0.6) is 0 Å². The van der Waals surface area contributed by atoms with E-state index in [0.29, 0.717) is 6.54 Å². The molecular weight excluding hydrogens is 130 g/mol. The van der Waals surface area contributed by atoms with Crippen LogP contribution in [0.15, 0.2) is 0 Å². The Morgan fingerprint density at radius 3 is 3.00 bits per heavy atom. The highest BCUT2D eigenvalue weighted by atomic mass is 16.5. The number of hydrogen-bond donors (Lipinski definition) is 1. The van der Waals surface area contributed by atoms with Crippen LogP contribution in [0, 0.1) is 5.92 Å². The van der Waals surface area contributed by atoms with Gasteiger partial charge in [-0.15, -0.1) is 0 Å². The van der Waals surface area contributed by atoms with E-state index in [-0.39, 0.29) is 11.8 Å². The second-order valence-corrected chi connectivity index (χ2v) is 2.71. The lowest BCUT2D eigenvalue weighted by Crippen LogP contribution is -2.38. The molecule has 1 N–H and O–H groups in total. The first kappa shape index (κ1) is 7.54. The van der Waals surface area contributed by atoms with E-state index in [1.807, 2.05) is 6.92 Å². The lowest BCUT2D eigenvalue weighted by molar-refractivity contribution is -0.176. The highest BCUT2D eigenvalue weighted by molar-refractivity contribution is 5.78. The third-order valence-corrected chi connectivity index (χ3v) is 2.02. The molecule has 1 aliphatic heterocycles. The second kappa shape index (κ2) is 3.01. The van der Waals surface area contributed by atoms with Crippen LogP contribution in [0.1, 0.15) is 26.2 Å². The van der Waals surface area contributed by atoms with Crippen molar-refractivity contribution in [2.75, 3.05) is 6.54 Å². The van der Waals surface area contributed by atoms with E-state index >= 15 is 0 Å². The molecule has 1 heterocycles. The van der Waals surface area contributed by atoms with Crippen LogP contribution < -0.4 is 0 Å². The van der Waals surface area contributed by atoms with Crippen LogP contribution in [-0.4, -0.2) is 22.7 Å². The van der Waals surface area contributed by atoms with Crippen molar-refractivity contribution < 1.29 is 10.0 Å². The summed E-state index contributed by atoms with van der Waals surface area (Å²) < 4.78 is 0. The summed E-state index contributed by atoms with van der Waals surface area (Å²) in [6, 6.07) is 0. The molecule has 1 amide bonds. The summed E-state index contributed by atoms with van der Waals surface area (Å²) in [5.41, 5.74) is 0. The van der Waals surface area contributed by atoms with E-state index in [0.717, 1.165) is 24.3 Å². The first-order chi connectivity index (χ1) is 4.75. The topological polar surface area (TPSA) is 40.5 Å². The number of carbonyl (C=O) groups excluding carboxylic acids is 1. The summed E-state index contributed by atoms with van der Waals surface area (Å²) in [6.45, 7) is 2.48. The Kier molecular flexibility index (Phi) is 2.27. The summed E-state index contributed by atoms with van der Waals surface area (Å²) in [5, 5.41) is 9.81. The molecule has 1 saturated heterocycles. The fourth-order valence-corrected chi connectivity index (χ4v) is 1.31. The summed E-state index contributed by atoms with van der Waals surface area (Å²) in [5.74, 6) is -0.0347. The highest BCUT2D eigenvalue weighted by Crippen LogP contribution is 2.18. The van der Waals surface area contributed by atoms with Crippen LogP contribution in [0.25, 0.3) is 0 Å². The van der Waals surface area contributed by atoms with Crippen molar-refractivity contribution >= 4 is 5.91 Å². The molecule has 58 valence electrons. The zero-order valence-electron chi connectivity index (χ0n) is 6.21. The van der Waals surface area contributed by atoms with Gasteiger partial charge in [-0.1, -0.05) is 6.92 Å². The van der Waals surface area contributed by atoms with Crippen molar-refractivity contribution in [3.05, 3.63) is 0 Å². The number of carbonyl (C=O) groups is 1. The molecule has 0 aromatic carbocycles. The van der Waals surface area contributed by atoms with Gasteiger partial charge in [0.25, 0.3) is 0 Å². The van der Waals surface area contributed by atoms with Gasteiger partial charge in [0.1, 0.15) is 0 Å². The normalized spacial score (nSPS) is 27.2. The fraction of sp³-hybridized carbons (Fsp3) is 0.857. The van der Waals surface area contributed by atoms with Gasteiger partial charge in [-0.05, 0) is 19.3 Å². The summed E-state index contributed by atoms with van der Waals surface area (Å²) in [6.07, 6.45) is 2.71. The first-order valence-corrected chi connectivity index (χ1v) is 3.76. The zero-order valence-corrected chi connectivity index (χ0v) is 6.21. The lowest BCUT2D eigenvalue weighted by Gasteiger charge is -2.26. The van der Waals surface area contributed by atoms with E-state index in [1.54, 1.807) is 0 Å². The standard InChI is InChI=1S/C7H13NO2/c1-2-6-4-3-5-8(10)7(6)9/h6,10H,2-5H2,1H3. The van der Waals surface area contributed by atoms with Crippen molar-refractivity contribution in [3.8, 4) is 0 Å². The highest BCUT2D eigenvalue weighted by Gasteiger charge is 2.25. The van der Waals surface area contributed by atoms with Gasteiger partial charge in [0, 0.05) is 12.5 Å². The minimum absolute atomic E-state index is 0.0683. The minimum atomic E-state index is -0.103. The van der Waals surface area contributed by atoms with E-state index < -0.39 is 0 Å². The molecule has 1 unspecified atom stereocenters. The molecule has 1 rings (SSSR count). The van der Waals surface area contributed by atoms with E-state index in [2.05, 4.69) is 0 Å². The van der Waals surface area contributed by atoms with Crippen LogP contribution in [0.4, 0.5) is 0 Å². The SMILES string of the molecule is CCC1CCCN(O)C1=O. The number of hydrogen-bond acceptors (Lipinski definition) is 2. The molecule has 0 saturated carbocycles. The molecule has 0 aromatic heterocycles. The molecule has 0 spiro atoms. The maximum Gasteiger partial charge on any atom is 0.249 e. The van der Waals surface area contributed by atoms with Crippen LogP contribution >= 0.6 is 0 Å². The van der Waals surface area contributed by atoms with Crippen molar-refractivity contribution in [2.45, 2.75) is 26.2 Å². The molecule has 0 bridgehead atoms. The predicted molar refractivity (Wildman–Crippen MR) is 36.5 cm³/mol. The summed E-state index contributed by atoms with van der Waals surface area (Å²) in [7, 11) is 0. The van der Waals surface area contributed by atoms with E-state index in [4.69, 9.17) is 5.21 Å². The number of rotatable bonds is 1. The van der Waals surface area contributed by atoms with E-state index in [1.165, 1.54) is 0 Å². The molecule has 1 fully saturated rings. The Morgan fingerprint density at radius 2 is 2.50 bits per heavy atom. The molecule has 3 heteroatoms. The third-order valence-electron chi connectivity index (χ3n) is 2.02. The second-order valence-electron chi connectivity index (χ2n) is 2.71. The molecule has 0 aromatic rings. The molecule has 0 aliphatic carbocycles. The van der Waals surface area contributed by atoms with Gasteiger partial charge < -0.3 is 0 Å². The molecular formula is C7H13NO2. The minimum Gasteiger partial charge on any atom is -0.286 e. The predicted octanol–water partition coefficient (Wildman–Crippen LogP) is 1.02. The summed E-state index contributed by atoms with van der Waals surface area (Å²) >= 11 is 0. The van der Waals surface area contributed by atoms with Crippen LogP contribution in [0.2, 0.25) is 0 Å². The van der Waals surface area contributed by atoms with Gasteiger partial charge in [-0.2, -0.15) is 0 Å². The van der Waals surface area contributed by atoms with Crippen molar-refractivity contribution in [2.24, 2.45) is 5.92 Å². The van der Waals surface area contributed by atoms with Crippen molar-refractivity contribution in [1.29, 1.82) is 0 Å². The smallest absolute Gasteiger partial charge is 0.249 e. The number of amides is 1. The molecule has 0 radical (unpaired) electrons. The molecule has 3 nitrogen and oxygen atoms in total. The first-order valence-electron chi connectivity index (χ1n) is 3.76. The maximum absolute atomic E-state index is 11.0. The third kappa shape index (κ3) is 1.29. The Morgan fingerprint density at radius 1 is 1.80 bits per heavy atom. The number of piperidine rings is 1. The average Bonchev–Trinajstić information content (AvgIpc) is 1.95. The Bertz CT molecular complexity index is 136. The summed E-state index contributed by atoms with van der Waals surface area (Å²) in [4.78, 5) is 11.0. The Labute approximate surface area is 60.6 Å². The van der Waals surface area contributed by atoms with Crippen molar-refractivity contribution in [3.63, 3.8) is 0 Å². The number of hydroxylamine groups is 2. The zero-order chi connectivity index (χ0) is 7.56. The fourth-order valence-electron chi connectivity index (χ4n) is 1.31. The molecule has 10 heavy (non-hydrogen) atoms. The largest absolute Gasteiger partial charge is 0.286 e. The quantitative estimate of drug-likeness (QED) is 0.557. The monoisotopic (exact) mass is 143 g/mol. The van der Waals surface area contributed by atoms with Crippen LogP contribution in [-0.2, 0) is 4.79 Å². The molecule has 1 aliphatic rings. The maximum atomic E-state index is 11.0. The molecule has 1 atom stereocenters.